The van der Waals surface area contributed by atoms with Gasteiger partial charge >= 0.3 is 0 Å². The Bertz CT molecular complexity index is 543. The van der Waals surface area contributed by atoms with E-state index in [9.17, 15) is 12.8 Å². The molecule has 1 aromatic carbocycles. The van der Waals surface area contributed by atoms with Crippen LogP contribution in [0.5, 0.6) is 0 Å². The summed E-state index contributed by atoms with van der Waals surface area (Å²) in [4.78, 5) is -0.278. The van der Waals surface area contributed by atoms with Gasteiger partial charge in [0, 0.05) is 19.5 Å². The summed E-state index contributed by atoms with van der Waals surface area (Å²) in [7, 11) is -2.25. The summed E-state index contributed by atoms with van der Waals surface area (Å²) in [6, 6.07) is 3.99. The molecule has 1 aliphatic rings. The Labute approximate surface area is 112 Å². The second-order valence-corrected chi connectivity index (χ2v) is 6.91. The predicted molar refractivity (Wildman–Crippen MR) is 68.5 cm³/mol. The van der Waals surface area contributed by atoms with E-state index in [0.717, 1.165) is 12.8 Å². The minimum Gasteiger partial charge on any atom is -0.207 e. The van der Waals surface area contributed by atoms with Crippen LogP contribution in [0.25, 0.3) is 0 Å². The number of halogens is 2. The van der Waals surface area contributed by atoms with Crippen molar-refractivity contribution in [1.82, 2.24) is 4.31 Å². The number of rotatable bonds is 5. The van der Waals surface area contributed by atoms with Gasteiger partial charge in [-0.15, -0.1) is 11.6 Å². The Morgan fingerprint density at radius 2 is 2.11 bits per heavy atom. The fourth-order valence-electron chi connectivity index (χ4n) is 1.77. The van der Waals surface area contributed by atoms with Crippen molar-refractivity contribution in [2.45, 2.75) is 23.6 Å². The summed E-state index contributed by atoms with van der Waals surface area (Å²) in [6.45, 7) is 0.457. The summed E-state index contributed by atoms with van der Waals surface area (Å²) < 4.78 is 39.3. The average molecular weight is 292 g/mol. The highest BCUT2D eigenvalue weighted by atomic mass is 35.5. The number of hydrogen-bond donors (Lipinski definition) is 0. The standard InChI is InChI=1S/C12H15ClFNO2S/c1-15(8-9-2-3-9)18(16,17)12-5-4-10(7-13)6-11(12)14/h4-6,9H,2-3,7-8H2,1H3. The van der Waals surface area contributed by atoms with Gasteiger partial charge in [0.05, 0.1) is 0 Å². The largest absolute Gasteiger partial charge is 0.245 e. The van der Waals surface area contributed by atoms with Gasteiger partial charge < -0.3 is 0 Å². The Kier molecular flexibility index (Phi) is 3.94. The first-order valence-electron chi connectivity index (χ1n) is 5.76. The maximum absolute atomic E-state index is 13.8. The van der Waals surface area contributed by atoms with Crippen LogP contribution in [-0.2, 0) is 15.9 Å². The van der Waals surface area contributed by atoms with Crippen molar-refractivity contribution < 1.29 is 12.8 Å². The average Bonchev–Trinajstić information content (AvgIpc) is 3.12. The molecule has 0 N–H and O–H groups in total. The van der Waals surface area contributed by atoms with Crippen LogP contribution in [-0.4, -0.2) is 26.3 Å². The van der Waals surface area contributed by atoms with Gasteiger partial charge in [-0.1, -0.05) is 6.07 Å². The minimum atomic E-state index is -3.73. The molecule has 3 nitrogen and oxygen atoms in total. The van der Waals surface area contributed by atoms with Gasteiger partial charge in [-0.2, -0.15) is 0 Å². The molecule has 0 spiro atoms. The van der Waals surface area contributed by atoms with E-state index in [1.807, 2.05) is 0 Å². The van der Waals surface area contributed by atoms with E-state index in [1.54, 1.807) is 0 Å². The molecule has 0 radical (unpaired) electrons. The van der Waals surface area contributed by atoms with Crippen molar-refractivity contribution in [3.63, 3.8) is 0 Å². The SMILES string of the molecule is CN(CC1CC1)S(=O)(=O)c1ccc(CCl)cc1F. The highest BCUT2D eigenvalue weighted by Crippen LogP contribution is 2.31. The quantitative estimate of drug-likeness (QED) is 0.782. The lowest BCUT2D eigenvalue weighted by molar-refractivity contribution is 0.447. The Balaban J connectivity index is 2.28. The number of benzene rings is 1. The zero-order valence-electron chi connectivity index (χ0n) is 10.1. The molecule has 0 bridgehead atoms. The van der Waals surface area contributed by atoms with E-state index in [1.165, 1.54) is 29.6 Å². The van der Waals surface area contributed by atoms with Crippen molar-refractivity contribution in [3.8, 4) is 0 Å². The summed E-state index contributed by atoms with van der Waals surface area (Å²) in [6.07, 6.45) is 2.10. The van der Waals surface area contributed by atoms with Gasteiger partial charge in [0.2, 0.25) is 10.0 Å². The third-order valence-electron chi connectivity index (χ3n) is 3.05. The smallest absolute Gasteiger partial charge is 0.207 e. The lowest BCUT2D eigenvalue weighted by Gasteiger charge is -2.17. The highest BCUT2D eigenvalue weighted by Gasteiger charge is 2.30. The predicted octanol–water partition coefficient (Wildman–Crippen LogP) is 2.60. The van der Waals surface area contributed by atoms with Crippen LogP contribution in [0.1, 0.15) is 18.4 Å². The molecule has 0 unspecified atom stereocenters. The maximum atomic E-state index is 13.8. The molecule has 18 heavy (non-hydrogen) atoms. The van der Waals surface area contributed by atoms with Crippen LogP contribution < -0.4 is 0 Å². The van der Waals surface area contributed by atoms with Crippen LogP contribution in [0.2, 0.25) is 0 Å². The van der Waals surface area contributed by atoms with Gasteiger partial charge in [0.25, 0.3) is 0 Å². The molecule has 0 saturated heterocycles. The third-order valence-corrected chi connectivity index (χ3v) is 5.22. The van der Waals surface area contributed by atoms with E-state index < -0.39 is 15.8 Å². The molecular formula is C12H15ClFNO2S. The number of nitrogens with zero attached hydrogens (tertiary/aromatic N) is 1. The lowest BCUT2D eigenvalue weighted by atomic mass is 10.2. The van der Waals surface area contributed by atoms with Crippen molar-refractivity contribution >= 4 is 21.6 Å². The fraction of sp³-hybridized carbons (Fsp3) is 0.500. The number of sulfonamides is 1. The molecule has 1 fully saturated rings. The van der Waals surface area contributed by atoms with Crippen molar-refractivity contribution in [2.75, 3.05) is 13.6 Å². The van der Waals surface area contributed by atoms with Gasteiger partial charge in [-0.25, -0.2) is 17.1 Å². The minimum absolute atomic E-state index is 0.162. The monoisotopic (exact) mass is 291 g/mol. The maximum Gasteiger partial charge on any atom is 0.245 e. The van der Waals surface area contributed by atoms with E-state index in [4.69, 9.17) is 11.6 Å². The molecule has 2 rings (SSSR count). The number of alkyl halides is 1. The summed E-state index contributed by atoms with van der Waals surface area (Å²) in [5, 5.41) is 0. The zero-order chi connectivity index (χ0) is 13.3. The van der Waals surface area contributed by atoms with Crippen LogP contribution in [0.3, 0.4) is 0 Å². The molecule has 0 aliphatic heterocycles. The summed E-state index contributed by atoms with van der Waals surface area (Å²) in [5.74, 6) is -0.152. The molecule has 1 aliphatic carbocycles. The first-order valence-corrected chi connectivity index (χ1v) is 7.73. The fourth-order valence-corrected chi connectivity index (χ4v) is 3.22. The molecule has 0 aromatic heterocycles. The van der Waals surface area contributed by atoms with Gasteiger partial charge in [-0.05, 0) is 36.5 Å². The summed E-state index contributed by atoms with van der Waals surface area (Å²) >= 11 is 5.58. The van der Waals surface area contributed by atoms with E-state index >= 15 is 0 Å². The van der Waals surface area contributed by atoms with Crippen molar-refractivity contribution in [1.29, 1.82) is 0 Å². The lowest BCUT2D eigenvalue weighted by Crippen LogP contribution is -2.29. The summed E-state index contributed by atoms with van der Waals surface area (Å²) in [5.41, 5.74) is 0.568. The van der Waals surface area contributed by atoms with Gasteiger partial charge in [0.1, 0.15) is 10.7 Å². The van der Waals surface area contributed by atoms with Crippen LogP contribution in [0.15, 0.2) is 23.1 Å². The van der Waals surface area contributed by atoms with Crippen LogP contribution in [0.4, 0.5) is 4.39 Å². The molecule has 1 aromatic rings. The van der Waals surface area contributed by atoms with Crippen LogP contribution >= 0.6 is 11.6 Å². The molecule has 6 heteroatoms. The molecule has 0 amide bonds. The molecule has 1 saturated carbocycles. The van der Waals surface area contributed by atoms with E-state index in [0.29, 0.717) is 18.0 Å². The second-order valence-electron chi connectivity index (χ2n) is 4.63. The molecule has 0 atom stereocenters. The van der Waals surface area contributed by atoms with E-state index in [2.05, 4.69) is 0 Å². The Morgan fingerprint density at radius 3 is 2.61 bits per heavy atom. The Hall–Kier alpha value is -0.650. The normalized spacial score (nSPS) is 16.2. The highest BCUT2D eigenvalue weighted by molar-refractivity contribution is 7.89. The first kappa shape index (κ1) is 13.8. The molecule has 100 valence electrons. The molecular weight excluding hydrogens is 277 g/mol. The third kappa shape index (κ3) is 2.84. The topological polar surface area (TPSA) is 37.4 Å². The van der Waals surface area contributed by atoms with Crippen molar-refractivity contribution in [2.24, 2.45) is 5.92 Å². The second kappa shape index (κ2) is 5.15. The first-order chi connectivity index (χ1) is 8.45. The van der Waals surface area contributed by atoms with Gasteiger partial charge in [-0.3, -0.25) is 0 Å². The Morgan fingerprint density at radius 1 is 1.44 bits per heavy atom. The zero-order valence-corrected chi connectivity index (χ0v) is 11.6. The van der Waals surface area contributed by atoms with E-state index in [-0.39, 0.29) is 10.8 Å². The van der Waals surface area contributed by atoms with Crippen molar-refractivity contribution in [3.05, 3.63) is 29.6 Å². The van der Waals surface area contributed by atoms with Gasteiger partial charge in [0.15, 0.2) is 0 Å². The molecule has 0 heterocycles. The van der Waals surface area contributed by atoms with Crippen LogP contribution in [0, 0.1) is 11.7 Å². The number of hydrogen-bond acceptors (Lipinski definition) is 2.